The van der Waals surface area contributed by atoms with E-state index in [2.05, 4.69) is 6.92 Å². The highest BCUT2D eigenvalue weighted by Crippen LogP contribution is 2.38. The van der Waals surface area contributed by atoms with Crippen molar-refractivity contribution in [3.8, 4) is 0 Å². The fourth-order valence-corrected chi connectivity index (χ4v) is 5.58. The molecule has 1 aromatic rings. The normalized spacial score (nSPS) is 26.2. The van der Waals surface area contributed by atoms with Crippen LogP contribution in [0.2, 0.25) is 0 Å². The monoisotopic (exact) mass is 352 g/mol. The summed E-state index contributed by atoms with van der Waals surface area (Å²) in [6, 6.07) is 3.61. The quantitative estimate of drug-likeness (QED) is 0.797. The molecule has 0 spiro atoms. The number of hydrogen-bond acceptors (Lipinski definition) is 5. The Hall–Kier alpha value is -1.37. The van der Waals surface area contributed by atoms with Crippen LogP contribution in [0.5, 0.6) is 0 Å². The van der Waals surface area contributed by atoms with Crippen molar-refractivity contribution >= 4 is 15.9 Å². The molecule has 5 nitrogen and oxygen atoms in total. The molecule has 3 heterocycles. The minimum Gasteiger partial charge on any atom is -0.459 e. The Morgan fingerprint density at radius 2 is 2.21 bits per heavy atom. The molecule has 1 fully saturated rings. The van der Waals surface area contributed by atoms with Gasteiger partial charge in [-0.3, -0.25) is 0 Å². The van der Waals surface area contributed by atoms with Gasteiger partial charge in [-0.2, -0.15) is 0 Å². The average Bonchev–Trinajstić information content (AvgIpc) is 3.21. The zero-order chi connectivity index (χ0) is 17.3. The fourth-order valence-electron chi connectivity index (χ4n) is 3.59. The lowest BCUT2D eigenvalue weighted by atomic mass is 9.97. The SMILES string of the molecule is CC/C(=C\c1ccc(CO)o1)CC[C@H]1OC[C@H]2C1=C(C)CS2(=O)=O. The second kappa shape index (κ2) is 6.86. The Bertz CT molecular complexity index is 769. The van der Waals surface area contributed by atoms with E-state index in [4.69, 9.17) is 14.3 Å². The first-order valence-electron chi connectivity index (χ1n) is 8.36. The Labute approximate surface area is 142 Å². The van der Waals surface area contributed by atoms with Gasteiger partial charge in [-0.1, -0.05) is 18.1 Å². The molecule has 2 aliphatic rings. The van der Waals surface area contributed by atoms with E-state index in [1.165, 1.54) is 5.57 Å². The second-order valence-electron chi connectivity index (χ2n) is 6.51. The van der Waals surface area contributed by atoms with E-state index in [1.54, 1.807) is 6.07 Å². The van der Waals surface area contributed by atoms with Gasteiger partial charge in [0.1, 0.15) is 23.4 Å². The number of furan rings is 1. The van der Waals surface area contributed by atoms with E-state index in [-0.39, 0.29) is 18.5 Å². The van der Waals surface area contributed by atoms with Crippen LogP contribution in [-0.4, -0.2) is 37.2 Å². The molecule has 0 amide bonds. The van der Waals surface area contributed by atoms with Crippen molar-refractivity contribution < 1.29 is 22.7 Å². The van der Waals surface area contributed by atoms with Gasteiger partial charge in [-0.05, 0) is 50.0 Å². The molecule has 24 heavy (non-hydrogen) atoms. The molecule has 0 radical (unpaired) electrons. The van der Waals surface area contributed by atoms with Crippen molar-refractivity contribution in [2.24, 2.45) is 0 Å². The predicted molar refractivity (Wildman–Crippen MR) is 92.1 cm³/mol. The summed E-state index contributed by atoms with van der Waals surface area (Å²) in [4.78, 5) is 0. The van der Waals surface area contributed by atoms with Crippen molar-refractivity contribution in [2.75, 3.05) is 12.4 Å². The van der Waals surface area contributed by atoms with Crippen LogP contribution >= 0.6 is 0 Å². The van der Waals surface area contributed by atoms with Gasteiger partial charge < -0.3 is 14.3 Å². The molecule has 0 saturated carbocycles. The molecular formula is C18H24O5S. The first kappa shape index (κ1) is 17.5. The number of allylic oxidation sites excluding steroid dienone is 1. The third kappa shape index (κ3) is 3.36. The summed E-state index contributed by atoms with van der Waals surface area (Å²) in [5, 5.41) is 8.64. The molecule has 0 unspecified atom stereocenters. The van der Waals surface area contributed by atoms with Gasteiger partial charge in [-0.15, -0.1) is 0 Å². The first-order valence-corrected chi connectivity index (χ1v) is 10.1. The maximum atomic E-state index is 12.1. The lowest BCUT2D eigenvalue weighted by molar-refractivity contribution is 0.117. The summed E-state index contributed by atoms with van der Waals surface area (Å²) in [6.07, 6.45) is 4.41. The molecule has 1 N–H and O–H groups in total. The third-order valence-electron chi connectivity index (χ3n) is 4.85. The summed E-state index contributed by atoms with van der Waals surface area (Å²) in [7, 11) is -3.05. The van der Waals surface area contributed by atoms with Gasteiger partial charge in [0.2, 0.25) is 0 Å². The number of rotatable bonds is 6. The maximum Gasteiger partial charge on any atom is 0.163 e. The van der Waals surface area contributed by atoms with Crippen LogP contribution in [0.1, 0.15) is 44.6 Å². The second-order valence-corrected chi connectivity index (χ2v) is 8.69. The van der Waals surface area contributed by atoms with E-state index in [0.29, 0.717) is 12.4 Å². The minimum atomic E-state index is -3.05. The summed E-state index contributed by atoms with van der Waals surface area (Å²) >= 11 is 0. The summed E-state index contributed by atoms with van der Waals surface area (Å²) in [5.41, 5.74) is 3.18. The van der Waals surface area contributed by atoms with Crippen LogP contribution in [-0.2, 0) is 21.2 Å². The molecule has 6 heteroatoms. The highest BCUT2D eigenvalue weighted by Gasteiger charge is 2.45. The van der Waals surface area contributed by atoms with Crippen molar-refractivity contribution in [1.29, 1.82) is 0 Å². The molecule has 1 saturated heterocycles. The topological polar surface area (TPSA) is 76.7 Å². The molecule has 2 aliphatic heterocycles. The smallest absolute Gasteiger partial charge is 0.163 e. The van der Waals surface area contributed by atoms with Crippen molar-refractivity contribution in [3.63, 3.8) is 0 Å². The van der Waals surface area contributed by atoms with E-state index in [9.17, 15) is 8.42 Å². The largest absolute Gasteiger partial charge is 0.459 e. The molecule has 132 valence electrons. The van der Waals surface area contributed by atoms with Crippen LogP contribution in [0.4, 0.5) is 0 Å². The molecule has 3 rings (SSSR count). The van der Waals surface area contributed by atoms with Crippen molar-refractivity contribution in [1.82, 2.24) is 0 Å². The molecule has 2 atom stereocenters. The Morgan fingerprint density at radius 3 is 2.88 bits per heavy atom. The van der Waals surface area contributed by atoms with Gasteiger partial charge >= 0.3 is 0 Å². The van der Waals surface area contributed by atoms with E-state index in [1.807, 2.05) is 19.1 Å². The lowest BCUT2D eigenvalue weighted by Crippen LogP contribution is -2.19. The van der Waals surface area contributed by atoms with E-state index >= 15 is 0 Å². The third-order valence-corrected chi connectivity index (χ3v) is 6.95. The van der Waals surface area contributed by atoms with Crippen LogP contribution in [0, 0.1) is 0 Å². The van der Waals surface area contributed by atoms with Crippen LogP contribution < -0.4 is 0 Å². The first-order chi connectivity index (χ1) is 11.4. The van der Waals surface area contributed by atoms with E-state index < -0.39 is 15.1 Å². The lowest BCUT2D eigenvalue weighted by Gasteiger charge is -2.13. The van der Waals surface area contributed by atoms with Crippen LogP contribution in [0.15, 0.2) is 33.3 Å². The number of hydrogen-bond donors (Lipinski definition) is 1. The molecule has 0 bridgehead atoms. The number of ether oxygens (including phenoxy) is 1. The fraction of sp³-hybridized carbons (Fsp3) is 0.556. The number of aliphatic hydroxyl groups is 1. The summed E-state index contributed by atoms with van der Waals surface area (Å²) in [6.45, 7) is 4.19. The number of aliphatic hydroxyl groups excluding tert-OH is 1. The number of fused-ring (bicyclic) bond motifs is 1. The zero-order valence-electron chi connectivity index (χ0n) is 14.1. The minimum absolute atomic E-state index is 0.0909. The van der Waals surface area contributed by atoms with Crippen LogP contribution in [0.25, 0.3) is 6.08 Å². The average molecular weight is 352 g/mol. The summed E-state index contributed by atoms with van der Waals surface area (Å²) < 4.78 is 35.5. The molecule has 1 aromatic heterocycles. The molecular weight excluding hydrogens is 328 g/mol. The number of sulfone groups is 1. The van der Waals surface area contributed by atoms with Crippen molar-refractivity contribution in [2.45, 2.75) is 51.1 Å². The zero-order valence-corrected chi connectivity index (χ0v) is 14.9. The standard InChI is InChI=1S/C18H24O5S/c1-3-13(8-14-5-6-15(9-19)23-14)4-7-16-18-12(2)11-24(20,21)17(18)10-22-16/h5-6,8,16-17,19H,3-4,7,9-11H2,1-2H3/b13-8+/t16-,17+/m1/s1. The highest BCUT2D eigenvalue weighted by atomic mass is 32.2. The van der Waals surface area contributed by atoms with Gasteiger partial charge in [0.25, 0.3) is 0 Å². The Balaban J connectivity index is 1.67. The van der Waals surface area contributed by atoms with Gasteiger partial charge in [0, 0.05) is 0 Å². The summed E-state index contributed by atoms with van der Waals surface area (Å²) in [5.74, 6) is 1.47. The Kier molecular flexibility index (Phi) is 4.99. The van der Waals surface area contributed by atoms with Gasteiger partial charge in [0.15, 0.2) is 9.84 Å². The van der Waals surface area contributed by atoms with Crippen LogP contribution in [0.3, 0.4) is 0 Å². The van der Waals surface area contributed by atoms with Crippen molar-refractivity contribution in [3.05, 3.63) is 40.4 Å². The van der Waals surface area contributed by atoms with Gasteiger partial charge in [0.05, 0.1) is 18.5 Å². The highest BCUT2D eigenvalue weighted by molar-refractivity contribution is 7.92. The maximum absolute atomic E-state index is 12.1. The molecule has 0 aromatic carbocycles. The van der Waals surface area contributed by atoms with E-state index in [0.717, 1.165) is 36.2 Å². The van der Waals surface area contributed by atoms with Gasteiger partial charge in [-0.25, -0.2) is 8.42 Å². The molecule has 0 aliphatic carbocycles. The predicted octanol–water partition coefficient (Wildman–Crippen LogP) is 2.86. The Morgan fingerprint density at radius 1 is 1.42 bits per heavy atom.